The number of rotatable bonds is 3. The molecule has 4 nitrogen and oxygen atoms in total. The van der Waals surface area contributed by atoms with Crippen LogP contribution in [-0.4, -0.2) is 19.1 Å². The maximum atomic E-state index is 5.43. The number of benzene rings is 8. The Morgan fingerprint density at radius 1 is 0.360 bits per heavy atom. The van der Waals surface area contributed by atoms with E-state index in [2.05, 4.69) is 179 Å². The topological polar surface area (TPSA) is 35.6 Å². The summed E-state index contributed by atoms with van der Waals surface area (Å²) in [7, 11) is 0. The van der Waals surface area contributed by atoms with Gasteiger partial charge in [0.05, 0.1) is 39.0 Å². The fraction of sp³-hybridized carbons (Fsp3) is 0. The molecular formula is C46H28N4. The lowest BCUT2D eigenvalue weighted by molar-refractivity contribution is 1.01. The third kappa shape index (κ3) is 3.81. The van der Waals surface area contributed by atoms with Crippen LogP contribution in [0.3, 0.4) is 0 Å². The molecule has 3 heterocycles. The summed E-state index contributed by atoms with van der Waals surface area (Å²) < 4.78 is 4.64. The van der Waals surface area contributed by atoms with Crippen LogP contribution in [0.1, 0.15) is 0 Å². The van der Waals surface area contributed by atoms with E-state index < -0.39 is 0 Å². The lowest BCUT2D eigenvalue weighted by atomic mass is 10.0. The van der Waals surface area contributed by atoms with Crippen LogP contribution in [0.15, 0.2) is 170 Å². The van der Waals surface area contributed by atoms with Gasteiger partial charge in [-0.05, 0) is 58.6 Å². The number of hydrogen-bond acceptors (Lipinski definition) is 2. The Kier molecular flexibility index (Phi) is 5.63. The van der Waals surface area contributed by atoms with Crippen molar-refractivity contribution < 1.29 is 0 Å². The number of para-hydroxylation sites is 3. The molecule has 0 spiro atoms. The van der Waals surface area contributed by atoms with Crippen LogP contribution in [0.5, 0.6) is 0 Å². The molecule has 0 N–H and O–H groups in total. The predicted octanol–water partition coefficient (Wildman–Crippen LogP) is 11.8. The Balaban J connectivity index is 1.19. The molecule has 0 amide bonds. The zero-order valence-electron chi connectivity index (χ0n) is 27.0. The van der Waals surface area contributed by atoms with Crippen molar-refractivity contribution in [1.29, 1.82) is 0 Å². The van der Waals surface area contributed by atoms with Crippen LogP contribution in [0.25, 0.3) is 99.0 Å². The highest BCUT2D eigenvalue weighted by atomic mass is 15.2. The monoisotopic (exact) mass is 636 g/mol. The maximum absolute atomic E-state index is 5.43. The van der Waals surface area contributed by atoms with Crippen LogP contribution in [0, 0.1) is 0 Å². The average molecular weight is 637 g/mol. The fourth-order valence-electron chi connectivity index (χ4n) is 8.12. The van der Waals surface area contributed by atoms with Crippen molar-refractivity contribution >= 4 is 76.1 Å². The minimum Gasteiger partial charge on any atom is -0.309 e. The van der Waals surface area contributed by atoms with E-state index in [0.717, 1.165) is 33.2 Å². The lowest BCUT2D eigenvalue weighted by Crippen LogP contribution is -2.03. The first-order valence-corrected chi connectivity index (χ1v) is 17.0. The smallest absolute Gasteiger partial charge is 0.235 e. The zero-order valence-corrected chi connectivity index (χ0v) is 27.0. The average Bonchev–Trinajstić information content (AvgIpc) is 3.70. The van der Waals surface area contributed by atoms with Crippen molar-refractivity contribution in [2.75, 3.05) is 0 Å². The van der Waals surface area contributed by atoms with Crippen LogP contribution < -0.4 is 0 Å². The summed E-state index contributed by atoms with van der Waals surface area (Å²) in [4.78, 5) is 10.6. The fourth-order valence-corrected chi connectivity index (χ4v) is 8.12. The molecule has 0 aliphatic heterocycles. The summed E-state index contributed by atoms with van der Waals surface area (Å²) in [6, 6.07) is 60.7. The van der Waals surface area contributed by atoms with Gasteiger partial charge < -0.3 is 4.57 Å². The molecule has 0 aliphatic carbocycles. The number of hydrogen-bond donors (Lipinski definition) is 0. The normalized spacial score (nSPS) is 12.0. The van der Waals surface area contributed by atoms with Gasteiger partial charge in [0.25, 0.3) is 0 Å². The van der Waals surface area contributed by atoms with E-state index in [9.17, 15) is 0 Å². The third-order valence-corrected chi connectivity index (χ3v) is 10.3. The largest absolute Gasteiger partial charge is 0.309 e. The van der Waals surface area contributed by atoms with Crippen molar-refractivity contribution in [1.82, 2.24) is 19.1 Å². The first-order valence-electron chi connectivity index (χ1n) is 17.0. The van der Waals surface area contributed by atoms with Gasteiger partial charge in [0.1, 0.15) is 0 Å². The molecule has 0 aliphatic rings. The van der Waals surface area contributed by atoms with Gasteiger partial charge in [-0.1, -0.05) is 127 Å². The zero-order chi connectivity index (χ0) is 32.8. The van der Waals surface area contributed by atoms with Crippen LogP contribution in [-0.2, 0) is 0 Å². The van der Waals surface area contributed by atoms with Crippen molar-refractivity contribution in [3.05, 3.63) is 170 Å². The van der Waals surface area contributed by atoms with E-state index >= 15 is 0 Å². The van der Waals surface area contributed by atoms with Gasteiger partial charge in [0.2, 0.25) is 5.95 Å². The molecule has 11 aromatic rings. The van der Waals surface area contributed by atoms with Crippen molar-refractivity contribution in [2.24, 2.45) is 0 Å². The summed E-state index contributed by atoms with van der Waals surface area (Å²) >= 11 is 0. The second kappa shape index (κ2) is 10.4. The summed E-state index contributed by atoms with van der Waals surface area (Å²) in [5, 5.41) is 10.8. The quantitative estimate of drug-likeness (QED) is 0.193. The van der Waals surface area contributed by atoms with Gasteiger partial charge in [0.15, 0.2) is 0 Å². The van der Waals surface area contributed by atoms with Gasteiger partial charge in [0, 0.05) is 37.9 Å². The Bertz CT molecular complexity index is 3160. The molecular weight excluding hydrogens is 609 g/mol. The highest BCUT2D eigenvalue weighted by molar-refractivity contribution is 6.21. The Morgan fingerprint density at radius 2 is 0.960 bits per heavy atom. The molecule has 0 radical (unpaired) electrons. The lowest BCUT2D eigenvalue weighted by Gasteiger charge is -2.13. The summed E-state index contributed by atoms with van der Waals surface area (Å²) in [5.41, 5.74) is 8.60. The molecule has 11 rings (SSSR count). The molecule has 0 bridgehead atoms. The second-order valence-electron chi connectivity index (χ2n) is 13.0. The Hall–Kier alpha value is -6.78. The molecule has 0 saturated carbocycles. The maximum Gasteiger partial charge on any atom is 0.235 e. The molecule has 8 aromatic carbocycles. The number of aromatic nitrogens is 4. The van der Waals surface area contributed by atoms with E-state index in [1.165, 1.54) is 59.8 Å². The molecule has 0 fully saturated rings. The summed E-state index contributed by atoms with van der Waals surface area (Å²) in [6.45, 7) is 0. The Morgan fingerprint density at radius 3 is 1.80 bits per heavy atom. The van der Waals surface area contributed by atoms with Gasteiger partial charge in [-0.25, -0.2) is 9.97 Å². The van der Waals surface area contributed by atoms with Crippen LogP contribution in [0.4, 0.5) is 0 Å². The summed E-state index contributed by atoms with van der Waals surface area (Å²) in [5.74, 6) is 0.665. The minimum absolute atomic E-state index is 0.665. The third-order valence-electron chi connectivity index (χ3n) is 10.3. The van der Waals surface area contributed by atoms with Gasteiger partial charge in [-0.3, -0.25) is 4.57 Å². The summed E-state index contributed by atoms with van der Waals surface area (Å²) in [6.07, 6.45) is 0. The predicted molar refractivity (Wildman–Crippen MR) is 209 cm³/mol. The van der Waals surface area contributed by atoms with Crippen LogP contribution >= 0.6 is 0 Å². The SMILES string of the molecule is c1ccc2c(-n3c4ccccc4c4cc(-c5nc(-n6c7ccccc7c7c8ccccc8ccc76)nc6ccccc56)ccc43)cccc2c1. The van der Waals surface area contributed by atoms with E-state index in [-0.39, 0.29) is 0 Å². The first kappa shape index (κ1) is 27.2. The molecule has 0 saturated heterocycles. The van der Waals surface area contributed by atoms with E-state index in [1.807, 2.05) is 0 Å². The van der Waals surface area contributed by atoms with E-state index in [0.29, 0.717) is 5.95 Å². The molecule has 232 valence electrons. The van der Waals surface area contributed by atoms with Gasteiger partial charge >= 0.3 is 0 Å². The highest BCUT2D eigenvalue weighted by Gasteiger charge is 2.20. The van der Waals surface area contributed by atoms with E-state index in [4.69, 9.17) is 9.97 Å². The molecule has 0 unspecified atom stereocenters. The first-order chi connectivity index (χ1) is 24.8. The molecule has 4 heteroatoms. The molecule has 0 atom stereocenters. The van der Waals surface area contributed by atoms with Gasteiger partial charge in [-0.15, -0.1) is 0 Å². The van der Waals surface area contributed by atoms with Crippen LogP contribution in [0.2, 0.25) is 0 Å². The minimum atomic E-state index is 0.665. The highest BCUT2D eigenvalue weighted by Crippen LogP contribution is 2.40. The van der Waals surface area contributed by atoms with Crippen molar-refractivity contribution in [3.8, 4) is 22.9 Å². The molecule has 50 heavy (non-hydrogen) atoms. The standard InChI is InChI=1S/C46H28N4/c1-3-15-32-29(12-1)14-11-23-39(32)49-40-21-9-6-17-34(40)37-28-31(25-26-42(37)49)45-35-18-5-8-20-38(35)47-46(48-45)50-41-22-10-7-19-36(41)44-33-16-4-2-13-30(33)24-27-43(44)50/h1-28H. The van der Waals surface area contributed by atoms with Gasteiger partial charge in [-0.2, -0.15) is 0 Å². The van der Waals surface area contributed by atoms with E-state index in [1.54, 1.807) is 0 Å². The Labute approximate surface area is 287 Å². The van der Waals surface area contributed by atoms with Crippen molar-refractivity contribution in [3.63, 3.8) is 0 Å². The van der Waals surface area contributed by atoms with Crippen molar-refractivity contribution in [2.45, 2.75) is 0 Å². The molecule has 3 aromatic heterocycles. The second-order valence-corrected chi connectivity index (χ2v) is 13.0. The number of fused-ring (bicyclic) bond motifs is 10. The number of nitrogens with zero attached hydrogens (tertiary/aromatic N) is 4.